The molecule has 0 fully saturated rings. The minimum Gasteiger partial charge on any atom is -0.324 e. The van der Waals surface area contributed by atoms with E-state index in [1.54, 1.807) is 0 Å². The molecule has 0 saturated heterocycles. The Morgan fingerprint density at radius 1 is 1.31 bits per heavy atom. The Balaban J connectivity index is 2.73. The molecule has 0 saturated carbocycles. The van der Waals surface area contributed by atoms with Crippen molar-refractivity contribution >= 4 is 11.6 Å². The van der Waals surface area contributed by atoms with Crippen LogP contribution >= 0.6 is 11.6 Å². The quantitative estimate of drug-likeness (QED) is 0.817. The van der Waals surface area contributed by atoms with Gasteiger partial charge in [0.1, 0.15) is 5.82 Å². The second kappa shape index (κ2) is 5.01. The Bertz CT molecular complexity index is 364. The van der Waals surface area contributed by atoms with Crippen LogP contribution < -0.4 is 5.73 Å². The Morgan fingerprint density at radius 3 is 2.50 bits per heavy atom. The zero-order chi connectivity index (χ0) is 12.3. The van der Waals surface area contributed by atoms with Crippen LogP contribution in [0.1, 0.15) is 24.4 Å². The summed E-state index contributed by atoms with van der Waals surface area (Å²) in [7, 11) is 0. The van der Waals surface area contributed by atoms with Crippen molar-refractivity contribution in [1.82, 2.24) is 0 Å². The van der Waals surface area contributed by atoms with Gasteiger partial charge in [-0.05, 0) is 24.6 Å². The maximum absolute atomic E-state index is 13.2. The number of benzene rings is 1. The predicted molar refractivity (Wildman–Crippen MR) is 53.6 cm³/mol. The molecule has 0 spiro atoms. The van der Waals surface area contributed by atoms with Crippen molar-refractivity contribution in [3.8, 4) is 0 Å². The minimum absolute atomic E-state index is 0.0109. The first-order chi connectivity index (χ1) is 7.29. The molecule has 0 aromatic heterocycles. The van der Waals surface area contributed by atoms with Crippen molar-refractivity contribution in [2.24, 2.45) is 5.73 Å². The van der Waals surface area contributed by atoms with E-state index in [2.05, 4.69) is 0 Å². The highest BCUT2D eigenvalue weighted by Crippen LogP contribution is 2.28. The smallest absolute Gasteiger partial charge is 0.324 e. The van der Waals surface area contributed by atoms with E-state index < -0.39 is 24.5 Å². The van der Waals surface area contributed by atoms with E-state index in [4.69, 9.17) is 17.3 Å². The van der Waals surface area contributed by atoms with E-state index in [9.17, 15) is 17.6 Å². The van der Waals surface area contributed by atoms with Gasteiger partial charge >= 0.3 is 6.18 Å². The molecule has 1 aromatic rings. The molecule has 90 valence electrons. The van der Waals surface area contributed by atoms with Gasteiger partial charge in [-0.15, -0.1) is 0 Å². The van der Waals surface area contributed by atoms with Gasteiger partial charge in [-0.1, -0.05) is 11.6 Å². The van der Waals surface area contributed by atoms with Gasteiger partial charge in [0.25, 0.3) is 0 Å². The number of hydrogen-bond donors (Lipinski definition) is 1. The minimum atomic E-state index is -4.29. The normalized spacial score (nSPS) is 13.9. The summed E-state index contributed by atoms with van der Waals surface area (Å²) in [5.41, 5.74) is 5.48. The maximum atomic E-state index is 13.2. The summed E-state index contributed by atoms with van der Waals surface area (Å²) in [5, 5.41) is 0.249. The zero-order valence-corrected chi connectivity index (χ0v) is 8.95. The molecule has 1 unspecified atom stereocenters. The first-order valence-electron chi connectivity index (χ1n) is 4.57. The van der Waals surface area contributed by atoms with Crippen molar-refractivity contribution in [3.05, 3.63) is 34.6 Å². The summed E-state index contributed by atoms with van der Waals surface area (Å²) >= 11 is 5.61. The van der Waals surface area contributed by atoms with Gasteiger partial charge in [-0.3, -0.25) is 0 Å². The number of hydrogen-bond acceptors (Lipinski definition) is 1. The number of nitrogens with two attached hydrogens (primary N) is 1. The molecule has 1 atom stereocenters. The van der Waals surface area contributed by atoms with E-state index in [0.717, 1.165) is 6.07 Å². The highest BCUT2D eigenvalue weighted by atomic mass is 35.5. The number of halogens is 5. The maximum Gasteiger partial charge on any atom is 0.389 e. The molecule has 0 radical (unpaired) electrons. The topological polar surface area (TPSA) is 26.0 Å². The summed E-state index contributed by atoms with van der Waals surface area (Å²) in [6.07, 6.45) is -5.69. The molecular weight excluding hydrogens is 246 g/mol. The van der Waals surface area contributed by atoms with E-state index in [-0.39, 0.29) is 17.0 Å². The van der Waals surface area contributed by atoms with Gasteiger partial charge in [0, 0.05) is 23.0 Å². The molecule has 0 bridgehead atoms. The van der Waals surface area contributed by atoms with Gasteiger partial charge in [-0.2, -0.15) is 13.2 Å². The second-order valence-corrected chi connectivity index (χ2v) is 3.86. The number of alkyl halides is 3. The summed E-state index contributed by atoms with van der Waals surface area (Å²) in [5.74, 6) is -0.640. The largest absolute Gasteiger partial charge is 0.389 e. The second-order valence-electron chi connectivity index (χ2n) is 3.43. The lowest BCUT2D eigenvalue weighted by molar-refractivity contribution is -0.136. The first-order valence-corrected chi connectivity index (χ1v) is 4.94. The van der Waals surface area contributed by atoms with Gasteiger partial charge in [0.15, 0.2) is 0 Å². The molecule has 0 heterocycles. The first kappa shape index (κ1) is 13.3. The van der Waals surface area contributed by atoms with Gasteiger partial charge in [0.2, 0.25) is 0 Å². The average molecular weight is 256 g/mol. The Hall–Kier alpha value is -0.810. The lowest BCUT2D eigenvalue weighted by Crippen LogP contribution is -2.16. The van der Waals surface area contributed by atoms with Crippen LogP contribution in [0, 0.1) is 5.82 Å². The molecule has 0 aliphatic rings. The zero-order valence-electron chi connectivity index (χ0n) is 8.19. The van der Waals surface area contributed by atoms with Gasteiger partial charge in [0.05, 0.1) is 0 Å². The predicted octanol–water partition coefficient (Wildman–Crippen LogP) is 3.82. The molecule has 1 rings (SSSR count). The highest BCUT2D eigenvalue weighted by molar-refractivity contribution is 6.30. The Labute approximate surface area is 95.2 Å². The summed E-state index contributed by atoms with van der Waals surface area (Å²) in [6, 6.07) is 2.65. The molecular formula is C10H10ClF4N. The number of rotatable bonds is 3. The molecule has 16 heavy (non-hydrogen) atoms. The Kier molecular flexibility index (Phi) is 4.15. The van der Waals surface area contributed by atoms with E-state index in [0.29, 0.717) is 0 Å². The summed E-state index contributed by atoms with van der Waals surface area (Å²) < 4.78 is 49.0. The monoisotopic (exact) mass is 255 g/mol. The van der Waals surface area contributed by atoms with Crippen LogP contribution in [0.4, 0.5) is 17.6 Å². The lowest BCUT2D eigenvalue weighted by atomic mass is 10.0. The third-order valence-electron chi connectivity index (χ3n) is 2.10. The summed E-state index contributed by atoms with van der Waals surface area (Å²) in [6.45, 7) is 0. The molecule has 2 N–H and O–H groups in total. The van der Waals surface area contributed by atoms with Crippen molar-refractivity contribution < 1.29 is 17.6 Å². The van der Waals surface area contributed by atoms with Crippen molar-refractivity contribution in [2.75, 3.05) is 0 Å². The van der Waals surface area contributed by atoms with Crippen LogP contribution in [-0.4, -0.2) is 6.18 Å². The van der Waals surface area contributed by atoms with E-state index in [1.165, 1.54) is 12.1 Å². The van der Waals surface area contributed by atoms with Crippen molar-refractivity contribution in [3.63, 3.8) is 0 Å². The van der Waals surface area contributed by atoms with Crippen LogP contribution in [0.15, 0.2) is 18.2 Å². The van der Waals surface area contributed by atoms with Gasteiger partial charge in [-0.25, -0.2) is 4.39 Å². The summed E-state index contributed by atoms with van der Waals surface area (Å²) in [4.78, 5) is 0. The van der Waals surface area contributed by atoms with Crippen LogP contribution in [0.25, 0.3) is 0 Å². The fourth-order valence-electron chi connectivity index (χ4n) is 1.27. The lowest BCUT2D eigenvalue weighted by Gasteiger charge is -2.14. The fourth-order valence-corrected chi connectivity index (χ4v) is 1.45. The molecule has 0 aliphatic carbocycles. The molecule has 0 amide bonds. The SMILES string of the molecule is NC(CCC(F)(F)F)c1cc(Cl)ccc1F. The standard InChI is InChI=1S/C10H10ClF4N/c11-6-1-2-8(12)7(5-6)9(16)3-4-10(13,14)15/h1-2,5,9H,3-4,16H2. The van der Waals surface area contributed by atoms with Crippen molar-refractivity contribution in [2.45, 2.75) is 25.1 Å². The Morgan fingerprint density at radius 2 is 1.94 bits per heavy atom. The van der Waals surface area contributed by atoms with Crippen LogP contribution in [0.3, 0.4) is 0 Å². The third kappa shape index (κ3) is 3.98. The molecule has 1 nitrogen and oxygen atoms in total. The molecule has 6 heteroatoms. The fraction of sp³-hybridized carbons (Fsp3) is 0.400. The average Bonchev–Trinajstić information content (AvgIpc) is 2.17. The molecule has 0 aliphatic heterocycles. The van der Waals surface area contributed by atoms with Crippen LogP contribution in [0.5, 0.6) is 0 Å². The van der Waals surface area contributed by atoms with Crippen LogP contribution in [-0.2, 0) is 0 Å². The van der Waals surface area contributed by atoms with E-state index in [1.807, 2.05) is 0 Å². The van der Waals surface area contributed by atoms with E-state index >= 15 is 0 Å². The highest BCUT2D eigenvalue weighted by Gasteiger charge is 2.28. The third-order valence-corrected chi connectivity index (χ3v) is 2.33. The van der Waals surface area contributed by atoms with Crippen LogP contribution in [0.2, 0.25) is 5.02 Å². The van der Waals surface area contributed by atoms with Gasteiger partial charge < -0.3 is 5.73 Å². The van der Waals surface area contributed by atoms with Crippen molar-refractivity contribution in [1.29, 1.82) is 0 Å². The molecule has 1 aromatic carbocycles.